The molecule has 0 saturated heterocycles. The minimum atomic E-state index is -0.717. The van der Waals surface area contributed by atoms with Gasteiger partial charge in [0.25, 0.3) is 0 Å². The van der Waals surface area contributed by atoms with Crippen LogP contribution in [0, 0.1) is 10.1 Å². The van der Waals surface area contributed by atoms with Crippen molar-refractivity contribution in [3.05, 3.63) is 62.8 Å². The predicted molar refractivity (Wildman–Crippen MR) is 96.2 cm³/mol. The molecule has 10 nitrogen and oxygen atoms in total. The number of rotatable bonds is 6. The molecule has 0 bridgehead atoms. The van der Waals surface area contributed by atoms with Crippen molar-refractivity contribution < 1.29 is 4.92 Å². The van der Waals surface area contributed by atoms with Crippen LogP contribution < -0.4 is 10.9 Å². The Hall–Kier alpha value is -3.27. The van der Waals surface area contributed by atoms with Gasteiger partial charge in [0.2, 0.25) is 5.82 Å². The first-order valence-electron chi connectivity index (χ1n) is 7.93. The van der Waals surface area contributed by atoms with E-state index in [9.17, 15) is 14.9 Å². The third-order valence-electron chi connectivity index (χ3n) is 4.09. The molecule has 0 fully saturated rings. The van der Waals surface area contributed by atoms with Crippen molar-refractivity contribution >= 4 is 17.2 Å². The highest BCUT2D eigenvalue weighted by Gasteiger charge is 2.25. The zero-order chi connectivity index (χ0) is 18.8. The Bertz CT molecular complexity index is 1010. The summed E-state index contributed by atoms with van der Waals surface area (Å²) in [7, 11) is 5.62. The lowest BCUT2D eigenvalue weighted by Crippen LogP contribution is -2.28. The average Bonchev–Trinajstić information content (AvgIpc) is 3.00. The Morgan fingerprint density at radius 1 is 1.38 bits per heavy atom. The summed E-state index contributed by atoms with van der Waals surface area (Å²) in [6.45, 7) is 0.328. The number of pyridine rings is 1. The van der Waals surface area contributed by atoms with E-state index >= 15 is 0 Å². The molecule has 10 heteroatoms. The second-order valence-corrected chi connectivity index (χ2v) is 6.11. The smallest absolute Gasteiger partial charge is 0.362 e. The molecule has 0 saturated carbocycles. The molecule has 26 heavy (non-hydrogen) atoms. The fourth-order valence-corrected chi connectivity index (χ4v) is 2.77. The van der Waals surface area contributed by atoms with Gasteiger partial charge in [-0.15, -0.1) is 0 Å². The molecule has 3 heterocycles. The number of hydrogen-bond acceptors (Lipinski definition) is 7. The summed E-state index contributed by atoms with van der Waals surface area (Å²) < 4.78 is 2.85. The number of nitrogens with one attached hydrogen (secondary N) is 1. The zero-order valence-corrected chi connectivity index (χ0v) is 14.7. The minimum absolute atomic E-state index is 0.0399. The standard InChI is InChI=1S/C16H19N7O3/c1-20(2)12(11-8-18-21(3)10-11)9-17-15-14(23(25)26)16(24)22-7-5-4-6-13(22)19-15/h4-8,10,12,17H,9H2,1-3H3. The van der Waals surface area contributed by atoms with Gasteiger partial charge in [0.05, 0.1) is 17.2 Å². The van der Waals surface area contributed by atoms with Gasteiger partial charge in [-0.25, -0.2) is 4.98 Å². The van der Waals surface area contributed by atoms with Gasteiger partial charge >= 0.3 is 11.2 Å². The molecule has 1 atom stereocenters. The van der Waals surface area contributed by atoms with Crippen LogP contribution in [0.25, 0.3) is 5.65 Å². The van der Waals surface area contributed by atoms with E-state index < -0.39 is 16.2 Å². The van der Waals surface area contributed by atoms with Crippen LogP contribution in [0.15, 0.2) is 41.6 Å². The van der Waals surface area contributed by atoms with E-state index in [2.05, 4.69) is 15.4 Å². The van der Waals surface area contributed by atoms with Crippen molar-refractivity contribution in [3.8, 4) is 0 Å². The van der Waals surface area contributed by atoms with Crippen LogP contribution in [0.5, 0.6) is 0 Å². The first-order valence-corrected chi connectivity index (χ1v) is 7.93. The first kappa shape index (κ1) is 17.5. The van der Waals surface area contributed by atoms with Crippen molar-refractivity contribution in [2.45, 2.75) is 6.04 Å². The maximum Gasteiger partial charge on any atom is 0.376 e. The highest BCUT2D eigenvalue weighted by atomic mass is 16.6. The van der Waals surface area contributed by atoms with Gasteiger partial charge < -0.3 is 10.2 Å². The van der Waals surface area contributed by atoms with Crippen LogP contribution in [-0.2, 0) is 7.05 Å². The number of likely N-dealkylation sites (N-methyl/N-ethyl adjacent to an activating group) is 1. The van der Waals surface area contributed by atoms with E-state index in [-0.39, 0.29) is 11.9 Å². The largest absolute Gasteiger partial charge is 0.376 e. The van der Waals surface area contributed by atoms with Gasteiger partial charge in [-0.3, -0.25) is 24.0 Å². The van der Waals surface area contributed by atoms with Crippen LogP contribution in [0.2, 0.25) is 0 Å². The number of aromatic nitrogens is 4. The van der Waals surface area contributed by atoms with Gasteiger partial charge in [-0.05, 0) is 26.2 Å². The molecule has 3 aromatic rings. The summed E-state index contributed by atoms with van der Waals surface area (Å²) in [6.07, 6.45) is 5.08. The molecule has 3 aromatic heterocycles. The summed E-state index contributed by atoms with van der Waals surface area (Å²) >= 11 is 0. The van der Waals surface area contributed by atoms with E-state index in [4.69, 9.17) is 0 Å². The van der Waals surface area contributed by atoms with Gasteiger partial charge in [-0.1, -0.05) is 6.07 Å². The minimum Gasteiger partial charge on any atom is -0.362 e. The Morgan fingerprint density at radius 2 is 2.15 bits per heavy atom. The number of nitrogens with zero attached hydrogens (tertiary/aromatic N) is 6. The Labute approximate surface area is 148 Å². The summed E-state index contributed by atoms with van der Waals surface area (Å²) in [5.74, 6) is -0.0399. The summed E-state index contributed by atoms with van der Waals surface area (Å²) in [6, 6.07) is 4.87. The van der Waals surface area contributed by atoms with E-state index in [0.29, 0.717) is 12.2 Å². The number of nitro groups is 1. The van der Waals surface area contributed by atoms with Crippen LogP contribution in [0.4, 0.5) is 11.5 Å². The van der Waals surface area contributed by atoms with Crippen molar-refractivity contribution in [2.75, 3.05) is 26.0 Å². The van der Waals surface area contributed by atoms with Crippen LogP contribution in [0.3, 0.4) is 0 Å². The van der Waals surface area contributed by atoms with Crippen molar-refractivity contribution in [1.82, 2.24) is 24.1 Å². The SMILES string of the molecule is CN(C)C(CNc1nc2ccccn2c(=O)c1[N+](=O)[O-])c1cnn(C)c1. The average molecular weight is 357 g/mol. The van der Waals surface area contributed by atoms with E-state index in [0.717, 1.165) is 9.96 Å². The van der Waals surface area contributed by atoms with Gasteiger partial charge in [0, 0.05) is 31.5 Å². The maximum absolute atomic E-state index is 12.5. The summed E-state index contributed by atoms with van der Waals surface area (Å²) in [5, 5.41) is 18.6. The third-order valence-corrected chi connectivity index (χ3v) is 4.09. The van der Waals surface area contributed by atoms with Gasteiger partial charge in [0.1, 0.15) is 5.65 Å². The van der Waals surface area contributed by atoms with E-state index in [1.165, 1.54) is 6.20 Å². The highest BCUT2D eigenvalue weighted by molar-refractivity contribution is 5.59. The second-order valence-electron chi connectivity index (χ2n) is 6.11. The monoisotopic (exact) mass is 357 g/mol. The third kappa shape index (κ3) is 3.26. The molecule has 0 aliphatic carbocycles. The molecule has 0 aliphatic heterocycles. The van der Waals surface area contributed by atoms with Crippen molar-refractivity contribution in [3.63, 3.8) is 0 Å². The molecule has 0 aliphatic rings. The lowest BCUT2D eigenvalue weighted by molar-refractivity contribution is -0.385. The van der Waals surface area contributed by atoms with Crippen molar-refractivity contribution in [1.29, 1.82) is 0 Å². The molecule has 0 radical (unpaired) electrons. The maximum atomic E-state index is 12.5. The predicted octanol–water partition coefficient (Wildman–Crippen LogP) is 1.05. The van der Waals surface area contributed by atoms with Gasteiger partial charge in [-0.2, -0.15) is 5.10 Å². The number of hydrogen-bond donors (Lipinski definition) is 1. The zero-order valence-electron chi connectivity index (χ0n) is 14.7. The Morgan fingerprint density at radius 3 is 2.77 bits per heavy atom. The number of aryl methyl sites for hydroxylation is 1. The molecule has 1 unspecified atom stereocenters. The molecule has 1 N–H and O–H groups in total. The van der Waals surface area contributed by atoms with E-state index in [1.54, 1.807) is 29.1 Å². The molecule has 0 spiro atoms. The molecule has 136 valence electrons. The van der Waals surface area contributed by atoms with Crippen LogP contribution in [0.1, 0.15) is 11.6 Å². The molecular formula is C16H19N7O3. The summed E-state index contributed by atoms with van der Waals surface area (Å²) in [4.78, 5) is 29.4. The lowest BCUT2D eigenvalue weighted by atomic mass is 10.1. The summed E-state index contributed by atoms with van der Waals surface area (Å²) in [5.41, 5.74) is 0.00168. The topological polar surface area (TPSA) is 111 Å². The fourth-order valence-electron chi connectivity index (χ4n) is 2.77. The normalized spacial score (nSPS) is 12.5. The Kier molecular flexibility index (Phi) is 4.67. The highest BCUT2D eigenvalue weighted by Crippen LogP contribution is 2.22. The fraction of sp³-hybridized carbons (Fsp3) is 0.312. The van der Waals surface area contributed by atoms with Crippen LogP contribution in [-0.4, -0.2) is 49.6 Å². The van der Waals surface area contributed by atoms with Gasteiger partial charge in [0.15, 0.2) is 0 Å². The molecule has 0 amide bonds. The van der Waals surface area contributed by atoms with Crippen molar-refractivity contribution in [2.24, 2.45) is 7.05 Å². The number of fused-ring (bicyclic) bond motifs is 1. The molecular weight excluding hydrogens is 338 g/mol. The lowest BCUT2D eigenvalue weighted by Gasteiger charge is -2.23. The number of anilines is 1. The first-order chi connectivity index (χ1) is 12.4. The second kappa shape index (κ2) is 6.92. The molecule has 3 rings (SSSR count). The quantitative estimate of drug-likeness (QED) is 0.518. The molecule has 0 aromatic carbocycles. The van der Waals surface area contributed by atoms with Crippen LogP contribution >= 0.6 is 0 Å². The Balaban J connectivity index is 1.98. The van der Waals surface area contributed by atoms with E-state index in [1.807, 2.05) is 32.2 Å².